The van der Waals surface area contributed by atoms with Gasteiger partial charge in [0.1, 0.15) is 0 Å². The number of amides is 1. The number of benzene rings is 1. The van der Waals surface area contributed by atoms with Crippen molar-refractivity contribution in [3.05, 3.63) is 29.8 Å². The van der Waals surface area contributed by atoms with Crippen LogP contribution in [0.5, 0.6) is 0 Å². The first kappa shape index (κ1) is 11.1. The van der Waals surface area contributed by atoms with Crippen LogP contribution in [-0.2, 0) is 11.3 Å². The normalized spacial score (nSPS) is 17.9. The summed E-state index contributed by atoms with van der Waals surface area (Å²) in [6, 6.07) is 8.38. The van der Waals surface area contributed by atoms with Crippen molar-refractivity contribution < 1.29 is 4.79 Å². The molecule has 86 valence electrons. The molecule has 1 aliphatic heterocycles. The van der Waals surface area contributed by atoms with Gasteiger partial charge in [-0.05, 0) is 25.0 Å². The molecular weight excluding hydrogens is 200 g/mol. The van der Waals surface area contributed by atoms with E-state index in [9.17, 15) is 4.79 Å². The molecule has 1 aromatic carbocycles. The van der Waals surface area contributed by atoms with Crippen molar-refractivity contribution in [2.45, 2.75) is 32.9 Å². The van der Waals surface area contributed by atoms with E-state index >= 15 is 0 Å². The predicted molar refractivity (Wildman–Crippen MR) is 65.4 cm³/mol. The molecule has 1 heterocycles. The van der Waals surface area contributed by atoms with Gasteiger partial charge in [-0.25, -0.2) is 0 Å². The number of nitrogens with one attached hydrogen (secondary N) is 1. The van der Waals surface area contributed by atoms with E-state index in [0.29, 0.717) is 6.54 Å². The molecule has 1 aromatic rings. The summed E-state index contributed by atoms with van der Waals surface area (Å²) in [5.41, 5.74) is 2.26. The zero-order valence-corrected chi connectivity index (χ0v) is 9.86. The van der Waals surface area contributed by atoms with Gasteiger partial charge in [0.2, 0.25) is 5.91 Å². The first-order valence-electron chi connectivity index (χ1n) is 5.84. The number of anilines is 1. The molecule has 0 saturated carbocycles. The minimum atomic E-state index is 0.166. The lowest BCUT2D eigenvalue weighted by molar-refractivity contribution is -0.118. The van der Waals surface area contributed by atoms with Crippen molar-refractivity contribution >= 4 is 11.6 Å². The summed E-state index contributed by atoms with van der Waals surface area (Å²) < 4.78 is 0. The number of carbonyl (C=O) groups is 1. The van der Waals surface area contributed by atoms with Crippen molar-refractivity contribution in [2.75, 3.05) is 11.4 Å². The van der Waals surface area contributed by atoms with Crippen molar-refractivity contribution in [1.29, 1.82) is 0 Å². The monoisotopic (exact) mass is 218 g/mol. The van der Waals surface area contributed by atoms with Crippen LogP contribution in [0.25, 0.3) is 0 Å². The van der Waals surface area contributed by atoms with E-state index in [-0.39, 0.29) is 11.9 Å². The SMILES string of the molecule is CCC(C)N1C(=O)CNCc2ccccc21. The van der Waals surface area contributed by atoms with E-state index < -0.39 is 0 Å². The molecule has 1 unspecified atom stereocenters. The van der Waals surface area contributed by atoms with Crippen LogP contribution in [0.15, 0.2) is 24.3 Å². The van der Waals surface area contributed by atoms with Crippen molar-refractivity contribution in [3.8, 4) is 0 Å². The highest BCUT2D eigenvalue weighted by Gasteiger charge is 2.24. The summed E-state index contributed by atoms with van der Waals surface area (Å²) in [5, 5.41) is 3.17. The fraction of sp³-hybridized carbons (Fsp3) is 0.462. The molecule has 1 atom stereocenters. The maximum atomic E-state index is 12.0. The van der Waals surface area contributed by atoms with Gasteiger partial charge in [0, 0.05) is 18.3 Å². The Bertz CT molecular complexity index is 389. The third-order valence-corrected chi connectivity index (χ3v) is 3.14. The van der Waals surface area contributed by atoms with E-state index in [1.54, 1.807) is 0 Å². The molecule has 1 amide bonds. The van der Waals surface area contributed by atoms with Crippen LogP contribution in [0.3, 0.4) is 0 Å². The molecule has 16 heavy (non-hydrogen) atoms. The number of nitrogens with zero attached hydrogens (tertiary/aromatic N) is 1. The second-order valence-corrected chi connectivity index (χ2v) is 4.25. The van der Waals surface area contributed by atoms with Gasteiger partial charge < -0.3 is 10.2 Å². The summed E-state index contributed by atoms with van der Waals surface area (Å²) in [5.74, 6) is 0.166. The van der Waals surface area contributed by atoms with E-state index in [0.717, 1.165) is 18.7 Å². The van der Waals surface area contributed by atoms with E-state index in [1.165, 1.54) is 5.56 Å². The molecular formula is C13H18N2O. The van der Waals surface area contributed by atoms with Gasteiger partial charge in [-0.15, -0.1) is 0 Å². The topological polar surface area (TPSA) is 32.3 Å². The summed E-state index contributed by atoms with van der Waals surface area (Å²) in [6.07, 6.45) is 0.972. The van der Waals surface area contributed by atoms with Crippen molar-refractivity contribution in [3.63, 3.8) is 0 Å². The molecule has 2 rings (SSSR count). The Labute approximate surface area is 96.5 Å². The lowest BCUT2D eigenvalue weighted by atomic mass is 10.1. The van der Waals surface area contributed by atoms with Crippen LogP contribution < -0.4 is 10.2 Å². The minimum Gasteiger partial charge on any atom is -0.308 e. The van der Waals surface area contributed by atoms with Crippen LogP contribution in [0, 0.1) is 0 Å². The van der Waals surface area contributed by atoms with Gasteiger partial charge in [-0.3, -0.25) is 4.79 Å². The molecule has 1 N–H and O–H groups in total. The Balaban J connectivity index is 2.43. The van der Waals surface area contributed by atoms with Crippen LogP contribution in [0.4, 0.5) is 5.69 Å². The molecule has 1 aliphatic rings. The predicted octanol–water partition coefficient (Wildman–Crippen LogP) is 1.92. The van der Waals surface area contributed by atoms with E-state index in [1.807, 2.05) is 23.1 Å². The quantitative estimate of drug-likeness (QED) is 0.822. The number of rotatable bonds is 2. The lowest BCUT2D eigenvalue weighted by Gasteiger charge is -2.28. The van der Waals surface area contributed by atoms with Gasteiger partial charge in [0.05, 0.1) is 6.54 Å². The second kappa shape index (κ2) is 4.66. The van der Waals surface area contributed by atoms with Gasteiger partial charge in [-0.2, -0.15) is 0 Å². The Morgan fingerprint density at radius 2 is 2.12 bits per heavy atom. The van der Waals surface area contributed by atoms with Crippen molar-refractivity contribution in [1.82, 2.24) is 5.32 Å². The molecule has 3 nitrogen and oxygen atoms in total. The third-order valence-electron chi connectivity index (χ3n) is 3.14. The number of para-hydroxylation sites is 1. The zero-order chi connectivity index (χ0) is 11.5. The highest BCUT2D eigenvalue weighted by atomic mass is 16.2. The summed E-state index contributed by atoms with van der Waals surface area (Å²) >= 11 is 0. The Hall–Kier alpha value is -1.35. The molecule has 0 aromatic heterocycles. The Kier molecular flexibility index (Phi) is 3.25. The molecule has 3 heteroatoms. The van der Waals surface area contributed by atoms with Gasteiger partial charge in [0.25, 0.3) is 0 Å². The van der Waals surface area contributed by atoms with Crippen LogP contribution in [0.2, 0.25) is 0 Å². The average molecular weight is 218 g/mol. The average Bonchev–Trinajstić information content (AvgIpc) is 2.46. The molecule has 0 fully saturated rings. The molecule has 0 saturated heterocycles. The molecule has 0 radical (unpaired) electrons. The van der Waals surface area contributed by atoms with Crippen LogP contribution >= 0.6 is 0 Å². The minimum absolute atomic E-state index is 0.166. The first-order chi connectivity index (χ1) is 7.74. The van der Waals surface area contributed by atoms with Gasteiger partial charge in [0.15, 0.2) is 0 Å². The number of hydrogen-bond acceptors (Lipinski definition) is 2. The number of hydrogen-bond donors (Lipinski definition) is 1. The highest BCUT2D eigenvalue weighted by Crippen LogP contribution is 2.25. The standard InChI is InChI=1S/C13H18N2O/c1-3-10(2)15-12-7-5-4-6-11(12)8-14-9-13(15)16/h4-7,10,14H,3,8-9H2,1-2H3. The van der Waals surface area contributed by atoms with Gasteiger partial charge in [-0.1, -0.05) is 25.1 Å². The Morgan fingerprint density at radius 1 is 1.38 bits per heavy atom. The smallest absolute Gasteiger partial charge is 0.241 e. The van der Waals surface area contributed by atoms with Crippen LogP contribution in [0.1, 0.15) is 25.8 Å². The third kappa shape index (κ3) is 1.95. The summed E-state index contributed by atoms with van der Waals surface area (Å²) in [4.78, 5) is 14.0. The largest absolute Gasteiger partial charge is 0.308 e. The molecule has 0 bridgehead atoms. The number of fused-ring (bicyclic) bond motifs is 1. The molecule has 0 spiro atoms. The summed E-state index contributed by atoms with van der Waals surface area (Å²) in [6.45, 7) is 5.41. The lowest BCUT2D eigenvalue weighted by Crippen LogP contribution is -2.41. The number of carbonyl (C=O) groups excluding carboxylic acids is 1. The summed E-state index contributed by atoms with van der Waals surface area (Å²) in [7, 11) is 0. The Morgan fingerprint density at radius 3 is 2.88 bits per heavy atom. The fourth-order valence-corrected chi connectivity index (χ4v) is 2.08. The van der Waals surface area contributed by atoms with E-state index in [2.05, 4.69) is 25.2 Å². The first-order valence-corrected chi connectivity index (χ1v) is 5.84. The maximum absolute atomic E-state index is 12.0. The van der Waals surface area contributed by atoms with Gasteiger partial charge >= 0.3 is 0 Å². The maximum Gasteiger partial charge on any atom is 0.241 e. The molecule has 0 aliphatic carbocycles. The zero-order valence-electron chi connectivity index (χ0n) is 9.86. The fourth-order valence-electron chi connectivity index (χ4n) is 2.08. The highest BCUT2D eigenvalue weighted by molar-refractivity contribution is 5.96. The van der Waals surface area contributed by atoms with E-state index in [4.69, 9.17) is 0 Å². The van der Waals surface area contributed by atoms with Crippen molar-refractivity contribution in [2.24, 2.45) is 0 Å². The van der Waals surface area contributed by atoms with Crippen LogP contribution in [-0.4, -0.2) is 18.5 Å². The second-order valence-electron chi connectivity index (χ2n) is 4.25.